The van der Waals surface area contributed by atoms with Crippen molar-refractivity contribution in [2.45, 2.75) is 6.54 Å². The fraction of sp³-hybridized carbons (Fsp3) is 0.333. The van der Waals surface area contributed by atoms with Gasteiger partial charge in [0.15, 0.2) is 0 Å². The summed E-state index contributed by atoms with van der Waals surface area (Å²) in [5.74, 6) is 0.168. The number of para-hydroxylation sites is 1. The van der Waals surface area contributed by atoms with Crippen LogP contribution in [0.1, 0.15) is 15.9 Å². The Morgan fingerprint density at radius 1 is 1.04 bits per heavy atom. The third-order valence-corrected chi connectivity index (χ3v) is 4.84. The number of benzene rings is 2. The Kier molecular flexibility index (Phi) is 6.62. The maximum Gasteiger partial charge on any atom is 0.250 e. The minimum atomic E-state index is -0.554. The summed E-state index contributed by atoms with van der Waals surface area (Å²) in [5, 5.41) is 2.79. The van der Waals surface area contributed by atoms with E-state index in [4.69, 9.17) is 10.5 Å². The highest BCUT2D eigenvalue weighted by molar-refractivity contribution is 6.03. The Morgan fingerprint density at radius 2 is 1.75 bits per heavy atom. The maximum absolute atomic E-state index is 12.4. The number of hydrogen-bond acceptors (Lipinski definition) is 5. The lowest BCUT2D eigenvalue weighted by Crippen LogP contribution is -2.48. The molecule has 1 fully saturated rings. The summed E-state index contributed by atoms with van der Waals surface area (Å²) >= 11 is 0. The highest BCUT2D eigenvalue weighted by atomic mass is 16.5. The molecule has 1 aliphatic rings. The van der Waals surface area contributed by atoms with Gasteiger partial charge in [0, 0.05) is 32.7 Å². The van der Waals surface area contributed by atoms with E-state index < -0.39 is 5.91 Å². The molecule has 2 amide bonds. The molecule has 2 aromatic carbocycles. The number of rotatable bonds is 7. The lowest BCUT2D eigenvalue weighted by Gasteiger charge is -2.34. The van der Waals surface area contributed by atoms with Crippen LogP contribution in [0, 0.1) is 0 Å². The minimum absolute atomic E-state index is 0.144. The predicted molar refractivity (Wildman–Crippen MR) is 108 cm³/mol. The molecule has 148 valence electrons. The smallest absolute Gasteiger partial charge is 0.250 e. The molecule has 0 aliphatic carbocycles. The van der Waals surface area contributed by atoms with Crippen molar-refractivity contribution in [1.82, 2.24) is 9.80 Å². The molecule has 0 bridgehead atoms. The number of hydrogen-bond donors (Lipinski definition) is 2. The van der Waals surface area contributed by atoms with Crippen molar-refractivity contribution in [3.63, 3.8) is 0 Å². The van der Waals surface area contributed by atoms with Crippen molar-refractivity contribution < 1.29 is 14.3 Å². The number of nitrogens with one attached hydrogen (secondary N) is 1. The molecular formula is C21H26N4O3. The Hall–Kier alpha value is -2.90. The van der Waals surface area contributed by atoms with E-state index >= 15 is 0 Å². The van der Waals surface area contributed by atoms with E-state index in [9.17, 15) is 9.59 Å². The van der Waals surface area contributed by atoms with Gasteiger partial charge in [0.25, 0.3) is 5.91 Å². The maximum atomic E-state index is 12.4. The first-order valence-electron chi connectivity index (χ1n) is 9.31. The first kappa shape index (κ1) is 19.9. The fourth-order valence-corrected chi connectivity index (χ4v) is 3.33. The Morgan fingerprint density at radius 3 is 2.46 bits per heavy atom. The number of piperazine rings is 1. The van der Waals surface area contributed by atoms with Crippen LogP contribution in [-0.2, 0) is 11.3 Å². The Bertz CT molecular complexity index is 832. The van der Waals surface area contributed by atoms with Crippen LogP contribution < -0.4 is 15.8 Å². The summed E-state index contributed by atoms with van der Waals surface area (Å²) in [5.41, 5.74) is 7.35. The van der Waals surface area contributed by atoms with Gasteiger partial charge in [-0.1, -0.05) is 24.3 Å². The molecule has 1 aliphatic heterocycles. The van der Waals surface area contributed by atoms with Crippen LogP contribution in [0.5, 0.6) is 5.75 Å². The van der Waals surface area contributed by atoms with Crippen LogP contribution in [0.15, 0.2) is 48.5 Å². The number of methoxy groups -OCH3 is 1. The lowest BCUT2D eigenvalue weighted by molar-refractivity contribution is -0.117. The van der Waals surface area contributed by atoms with E-state index in [0.717, 1.165) is 38.5 Å². The van der Waals surface area contributed by atoms with Crippen molar-refractivity contribution in [1.29, 1.82) is 0 Å². The van der Waals surface area contributed by atoms with Gasteiger partial charge >= 0.3 is 0 Å². The van der Waals surface area contributed by atoms with E-state index in [-0.39, 0.29) is 5.91 Å². The fourth-order valence-electron chi connectivity index (χ4n) is 3.33. The quantitative estimate of drug-likeness (QED) is 0.759. The topological polar surface area (TPSA) is 87.9 Å². The van der Waals surface area contributed by atoms with Crippen LogP contribution in [0.4, 0.5) is 5.69 Å². The van der Waals surface area contributed by atoms with Gasteiger partial charge < -0.3 is 15.8 Å². The van der Waals surface area contributed by atoms with E-state index in [2.05, 4.69) is 27.2 Å². The molecule has 3 N–H and O–H groups in total. The van der Waals surface area contributed by atoms with Crippen LogP contribution >= 0.6 is 0 Å². The van der Waals surface area contributed by atoms with E-state index in [1.807, 2.05) is 12.1 Å². The molecule has 0 unspecified atom stereocenters. The monoisotopic (exact) mass is 382 g/mol. The average molecular weight is 382 g/mol. The van der Waals surface area contributed by atoms with Crippen LogP contribution in [0.25, 0.3) is 0 Å². The predicted octanol–water partition coefficient (Wildman–Crippen LogP) is 1.55. The second kappa shape index (κ2) is 9.34. The Labute approximate surface area is 165 Å². The zero-order chi connectivity index (χ0) is 19.9. The molecule has 1 heterocycles. The first-order valence-corrected chi connectivity index (χ1v) is 9.31. The van der Waals surface area contributed by atoms with Crippen molar-refractivity contribution in [3.05, 3.63) is 59.7 Å². The largest absolute Gasteiger partial charge is 0.497 e. The third kappa shape index (κ3) is 5.31. The van der Waals surface area contributed by atoms with Gasteiger partial charge in [-0.3, -0.25) is 19.4 Å². The average Bonchev–Trinajstić information content (AvgIpc) is 2.70. The SMILES string of the molecule is COc1cccc(CN2CCN(CC(=O)Nc3ccccc3C(N)=O)CC2)c1. The molecule has 28 heavy (non-hydrogen) atoms. The number of anilines is 1. The zero-order valence-electron chi connectivity index (χ0n) is 16.1. The first-order chi connectivity index (χ1) is 13.5. The van der Waals surface area contributed by atoms with Gasteiger partial charge in [-0.2, -0.15) is 0 Å². The van der Waals surface area contributed by atoms with Gasteiger partial charge in [0.2, 0.25) is 5.91 Å². The normalized spacial score (nSPS) is 15.2. The van der Waals surface area contributed by atoms with Crippen molar-refractivity contribution in [3.8, 4) is 5.75 Å². The zero-order valence-corrected chi connectivity index (χ0v) is 16.1. The molecule has 0 atom stereocenters. The van der Waals surface area contributed by atoms with E-state index in [1.54, 1.807) is 31.4 Å². The Balaban J connectivity index is 1.47. The van der Waals surface area contributed by atoms with Gasteiger partial charge in [-0.15, -0.1) is 0 Å². The van der Waals surface area contributed by atoms with Gasteiger partial charge in [-0.05, 0) is 29.8 Å². The molecule has 0 aromatic heterocycles. The number of nitrogens with two attached hydrogens (primary N) is 1. The summed E-state index contributed by atoms with van der Waals surface area (Å²) in [4.78, 5) is 28.3. The minimum Gasteiger partial charge on any atom is -0.497 e. The van der Waals surface area contributed by atoms with Crippen molar-refractivity contribution in [2.75, 3.05) is 45.2 Å². The van der Waals surface area contributed by atoms with Crippen molar-refractivity contribution in [2.24, 2.45) is 5.73 Å². The van der Waals surface area contributed by atoms with E-state index in [1.165, 1.54) is 5.56 Å². The van der Waals surface area contributed by atoms with Crippen molar-refractivity contribution >= 4 is 17.5 Å². The summed E-state index contributed by atoms with van der Waals surface area (Å²) in [6.45, 7) is 4.57. The molecule has 1 saturated heterocycles. The number of carbonyl (C=O) groups excluding carboxylic acids is 2. The molecule has 3 rings (SSSR count). The van der Waals surface area contributed by atoms with Crippen LogP contribution in [-0.4, -0.2) is 61.4 Å². The summed E-state index contributed by atoms with van der Waals surface area (Å²) < 4.78 is 5.28. The number of primary amides is 1. The molecule has 0 saturated carbocycles. The highest BCUT2D eigenvalue weighted by Crippen LogP contribution is 2.16. The molecule has 7 heteroatoms. The summed E-state index contributed by atoms with van der Waals surface area (Å²) in [6, 6.07) is 14.9. The summed E-state index contributed by atoms with van der Waals surface area (Å²) in [7, 11) is 1.67. The van der Waals surface area contributed by atoms with Crippen LogP contribution in [0.2, 0.25) is 0 Å². The molecule has 7 nitrogen and oxygen atoms in total. The number of ether oxygens (including phenoxy) is 1. The third-order valence-electron chi connectivity index (χ3n) is 4.84. The van der Waals surface area contributed by atoms with Gasteiger partial charge in [-0.25, -0.2) is 0 Å². The summed E-state index contributed by atoms with van der Waals surface area (Å²) in [6.07, 6.45) is 0. The standard InChI is InChI=1S/C21H26N4O3/c1-28-17-6-4-5-16(13-17)14-24-9-11-25(12-10-24)15-20(26)23-19-8-3-2-7-18(19)21(22)27/h2-8,13H,9-12,14-15H2,1H3,(H2,22,27)(H,23,26). The molecular weight excluding hydrogens is 356 g/mol. The van der Waals surface area contributed by atoms with Crippen LogP contribution in [0.3, 0.4) is 0 Å². The number of amides is 2. The lowest BCUT2D eigenvalue weighted by atomic mass is 10.1. The number of nitrogens with zero attached hydrogens (tertiary/aromatic N) is 2. The molecule has 2 aromatic rings. The highest BCUT2D eigenvalue weighted by Gasteiger charge is 2.20. The molecule has 0 radical (unpaired) electrons. The second-order valence-electron chi connectivity index (χ2n) is 6.86. The number of carbonyl (C=O) groups is 2. The van der Waals surface area contributed by atoms with Gasteiger partial charge in [0.1, 0.15) is 5.75 Å². The second-order valence-corrected chi connectivity index (χ2v) is 6.86. The van der Waals surface area contributed by atoms with E-state index in [0.29, 0.717) is 17.8 Å². The van der Waals surface area contributed by atoms with Gasteiger partial charge in [0.05, 0.1) is 24.9 Å². The molecule has 0 spiro atoms.